The van der Waals surface area contributed by atoms with Gasteiger partial charge in [0.1, 0.15) is 5.82 Å². The molecule has 1 fully saturated rings. The van der Waals surface area contributed by atoms with Crippen LogP contribution in [0.4, 0.5) is 4.39 Å². The summed E-state index contributed by atoms with van der Waals surface area (Å²) in [4.78, 5) is 0. The number of hydrogen-bond acceptors (Lipinski definition) is 2. The molecule has 1 aliphatic rings. The van der Waals surface area contributed by atoms with E-state index in [-0.39, 0.29) is 5.82 Å². The van der Waals surface area contributed by atoms with Crippen molar-refractivity contribution in [3.63, 3.8) is 0 Å². The van der Waals surface area contributed by atoms with Crippen LogP contribution < -0.4 is 0 Å². The summed E-state index contributed by atoms with van der Waals surface area (Å²) in [6.45, 7) is 2.24. The molecule has 90 valence electrons. The van der Waals surface area contributed by atoms with Crippen molar-refractivity contribution in [2.75, 3.05) is 0 Å². The molecule has 17 heavy (non-hydrogen) atoms. The fraction of sp³-hybridized carbons (Fsp3) is 0.462. The van der Waals surface area contributed by atoms with Crippen LogP contribution in [-0.2, 0) is 6.54 Å². The molecule has 4 heteroatoms. The zero-order valence-corrected chi connectivity index (χ0v) is 9.78. The molecule has 0 saturated heterocycles. The third kappa shape index (κ3) is 1.82. The lowest BCUT2D eigenvalue weighted by molar-refractivity contribution is -0.0496. The Balaban J connectivity index is 1.96. The van der Waals surface area contributed by atoms with Crippen LogP contribution in [0.5, 0.6) is 0 Å². The van der Waals surface area contributed by atoms with Crippen LogP contribution in [0.2, 0.25) is 0 Å². The molecule has 1 aliphatic carbocycles. The molecule has 0 aliphatic heterocycles. The van der Waals surface area contributed by atoms with E-state index in [1.165, 1.54) is 6.07 Å². The van der Waals surface area contributed by atoms with Gasteiger partial charge in [-0.05, 0) is 37.8 Å². The number of nitrogens with zero attached hydrogens (tertiary/aromatic N) is 2. The monoisotopic (exact) mass is 234 g/mol. The summed E-state index contributed by atoms with van der Waals surface area (Å²) in [5.41, 5.74) is 0.672. The predicted molar refractivity (Wildman–Crippen MR) is 63.2 cm³/mol. The largest absolute Gasteiger partial charge is 0.388 e. The Morgan fingerprint density at radius 1 is 1.47 bits per heavy atom. The number of aromatic nitrogens is 2. The third-order valence-electron chi connectivity index (χ3n) is 3.57. The second-order valence-electron chi connectivity index (χ2n) is 5.06. The van der Waals surface area contributed by atoms with E-state index in [9.17, 15) is 9.50 Å². The zero-order chi connectivity index (χ0) is 12.0. The van der Waals surface area contributed by atoms with Gasteiger partial charge in [0.2, 0.25) is 0 Å². The maximum atomic E-state index is 13.4. The molecule has 2 aromatic rings. The van der Waals surface area contributed by atoms with E-state index < -0.39 is 5.60 Å². The molecular formula is C13H15FN2O. The van der Waals surface area contributed by atoms with Crippen molar-refractivity contribution in [2.45, 2.75) is 38.3 Å². The number of halogens is 1. The van der Waals surface area contributed by atoms with Gasteiger partial charge < -0.3 is 5.11 Å². The van der Waals surface area contributed by atoms with Gasteiger partial charge in [0.15, 0.2) is 0 Å². The van der Waals surface area contributed by atoms with Gasteiger partial charge >= 0.3 is 0 Å². The molecule has 1 heterocycles. The summed E-state index contributed by atoms with van der Waals surface area (Å²) in [6, 6.07) is 3.24. The number of aliphatic hydroxyl groups is 1. The van der Waals surface area contributed by atoms with Crippen molar-refractivity contribution >= 4 is 10.9 Å². The molecular weight excluding hydrogens is 219 g/mol. The molecule has 0 spiro atoms. The fourth-order valence-electron chi connectivity index (χ4n) is 2.34. The highest BCUT2D eigenvalue weighted by molar-refractivity contribution is 5.78. The minimum absolute atomic E-state index is 0.231. The van der Waals surface area contributed by atoms with Gasteiger partial charge in [-0.25, -0.2) is 4.39 Å². The summed E-state index contributed by atoms with van der Waals surface area (Å²) in [5, 5.41) is 15.3. The lowest BCUT2D eigenvalue weighted by Gasteiger charge is -2.36. The van der Waals surface area contributed by atoms with Gasteiger partial charge in [-0.1, -0.05) is 0 Å². The Morgan fingerprint density at radius 2 is 2.24 bits per heavy atom. The van der Waals surface area contributed by atoms with E-state index in [0.717, 1.165) is 24.6 Å². The lowest BCUT2D eigenvalue weighted by atomic mass is 9.80. The highest BCUT2D eigenvalue weighted by atomic mass is 19.1. The summed E-state index contributed by atoms with van der Waals surface area (Å²) in [7, 11) is 0. The van der Waals surface area contributed by atoms with E-state index >= 15 is 0 Å². The Labute approximate surface area is 98.9 Å². The van der Waals surface area contributed by atoms with Gasteiger partial charge in [-0.15, -0.1) is 0 Å². The van der Waals surface area contributed by atoms with Gasteiger partial charge in [-0.3, -0.25) is 4.68 Å². The Morgan fingerprint density at radius 3 is 2.88 bits per heavy atom. The van der Waals surface area contributed by atoms with Crippen molar-refractivity contribution in [1.29, 1.82) is 0 Å². The maximum absolute atomic E-state index is 13.4. The van der Waals surface area contributed by atoms with Crippen molar-refractivity contribution in [3.05, 3.63) is 29.7 Å². The molecule has 0 atom stereocenters. The normalized spacial score (nSPS) is 18.3. The average molecular weight is 234 g/mol. The van der Waals surface area contributed by atoms with Crippen LogP contribution in [0.1, 0.15) is 24.8 Å². The average Bonchev–Trinajstić information content (AvgIpc) is 2.58. The third-order valence-corrected chi connectivity index (χ3v) is 3.57. The Bertz CT molecular complexity index is 533. The number of benzene rings is 1. The van der Waals surface area contributed by atoms with E-state index in [1.54, 1.807) is 17.7 Å². The zero-order valence-electron chi connectivity index (χ0n) is 9.78. The van der Waals surface area contributed by atoms with Crippen molar-refractivity contribution in [1.82, 2.24) is 9.78 Å². The van der Waals surface area contributed by atoms with E-state index in [2.05, 4.69) is 5.10 Å². The highest BCUT2D eigenvalue weighted by Gasteiger charge is 2.34. The number of fused-ring (bicyclic) bond motifs is 1. The minimum atomic E-state index is -0.602. The van der Waals surface area contributed by atoms with Crippen LogP contribution in [0, 0.1) is 12.7 Å². The molecule has 0 bridgehead atoms. The van der Waals surface area contributed by atoms with E-state index in [4.69, 9.17) is 0 Å². The maximum Gasteiger partial charge on any atom is 0.128 e. The van der Waals surface area contributed by atoms with Gasteiger partial charge in [-0.2, -0.15) is 5.10 Å². The summed E-state index contributed by atoms with van der Waals surface area (Å²) in [6.07, 6.45) is 4.61. The molecule has 1 aromatic heterocycles. The number of hydrogen-bond donors (Lipinski definition) is 1. The SMILES string of the molecule is Cc1cc2cn(CC3(O)CCC3)nc2cc1F. The second kappa shape index (κ2) is 3.53. The first-order valence-corrected chi connectivity index (χ1v) is 5.91. The minimum Gasteiger partial charge on any atom is -0.388 e. The Hall–Kier alpha value is -1.42. The van der Waals surface area contributed by atoms with Crippen LogP contribution >= 0.6 is 0 Å². The quantitative estimate of drug-likeness (QED) is 0.866. The summed E-state index contributed by atoms with van der Waals surface area (Å²) < 4.78 is 15.1. The van der Waals surface area contributed by atoms with Crippen LogP contribution in [0.25, 0.3) is 10.9 Å². The molecule has 3 rings (SSSR count). The lowest BCUT2D eigenvalue weighted by Crippen LogP contribution is -2.41. The van der Waals surface area contributed by atoms with Crippen molar-refractivity contribution in [2.24, 2.45) is 0 Å². The first-order valence-electron chi connectivity index (χ1n) is 5.91. The van der Waals surface area contributed by atoms with Crippen molar-refractivity contribution < 1.29 is 9.50 Å². The van der Waals surface area contributed by atoms with Crippen LogP contribution in [0.3, 0.4) is 0 Å². The standard InChI is InChI=1S/C13H15FN2O/c1-9-5-10-7-16(8-13(17)3-2-4-13)15-12(10)6-11(9)14/h5-7,17H,2-4,8H2,1H3. The highest BCUT2D eigenvalue weighted by Crippen LogP contribution is 2.33. The predicted octanol–water partition coefficient (Wildman–Crippen LogP) is 2.40. The Kier molecular flexibility index (Phi) is 2.23. The summed E-state index contributed by atoms with van der Waals surface area (Å²) in [5.74, 6) is -0.231. The smallest absolute Gasteiger partial charge is 0.128 e. The van der Waals surface area contributed by atoms with Gasteiger partial charge in [0, 0.05) is 17.6 Å². The second-order valence-corrected chi connectivity index (χ2v) is 5.06. The molecule has 0 radical (unpaired) electrons. The summed E-state index contributed by atoms with van der Waals surface area (Å²) >= 11 is 0. The van der Waals surface area contributed by atoms with Crippen molar-refractivity contribution in [3.8, 4) is 0 Å². The number of rotatable bonds is 2. The first-order chi connectivity index (χ1) is 8.06. The van der Waals surface area contributed by atoms with Crippen LogP contribution in [-0.4, -0.2) is 20.5 Å². The number of aryl methyl sites for hydroxylation is 1. The molecule has 1 N–H and O–H groups in total. The van der Waals surface area contributed by atoms with Gasteiger partial charge in [0.25, 0.3) is 0 Å². The molecule has 1 saturated carbocycles. The van der Waals surface area contributed by atoms with Crippen LogP contribution in [0.15, 0.2) is 18.3 Å². The molecule has 0 unspecified atom stereocenters. The van der Waals surface area contributed by atoms with E-state index in [1.807, 2.05) is 6.20 Å². The molecule has 3 nitrogen and oxygen atoms in total. The topological polar surface area (TPSA) is 38.0 Å². The molecule has 0 amide bonds. The molecule has 1 aromatic carbocycles. The van der Waals surface area contributed by atoms with Gasteiger partial charge in [0.05, 0.1) is 17.7 Å². The van der Waals surface area contributed by atoms with E-state index in [0.29, 0.717) is 17.6 Å². The fourth-order valence-corrected chi connectivity index (χ4v) is 2.34. The first kappa shape index (κ1) is 10.7.